The molecule has 1 spiro atoms. The first-order valence-corrected chi connectivity index (χ1v) is 10.8. The van der Waals surface area contributed by atoms with Gasteiger partial charge < -0.3 is 19.5 Å². The summed E-state index contributed by atoms with van der Waals surface area (Å²) in [6.07, 6.45) is 1.38. The van der Waals surface area contributed by atoms with Crippen molar-refractivity contribution >= 4 is 34.4 Å². The van der Waals surface area contributed by atoms with E-state index in [1.807, 2.05) is 0 Å². The van der Waals surface area contributed by atoms with E-state index in [9.17, 15) is 18.4 Å². The maximum atomic E-state index is 14.4. The standard InChI is InChI=1S/C23H21ClF2N4O3/c1-29(21(31)18-5-14-4-15(24)8-27-20(14)28-18)19(6-13-2-3-16(25)7-17(13)26)22(32)30-9-23(10-30)11-33-12-23/h2-5,7-8,19H,6,9-12H2,1H3,(H,27,28)/t19-/m0/s1. The van der Waals surface area contributed by atoms with Crippen LogP contribution in [0.5, 0.6) is 0 Å². The number of carbonyl (C=O) groups is 2. The van der Waals surface area contributed by atoms with Crippen LogP contribution in [0.2, 0.25) is 5.02 Å². The third-order valence-electron chi connectivity index (χ3n) is 6.35. The van der Waals surface area contributed by atoms with Crippen LogP contribution in [0, 0.1) is 17.0 Å². The molecular weight excluding hydrogens is 454 g/mol. The molecule has 2 aromatic heterocycles. The monoisotopic (exact) mass is 474 g/mol. The smallest absolute Gasteiger partial charge is 0.270 e. The van der Waals surface area contributed by atoms with Crippen molar-refractivity contribution in [2.24, 2.45) is 5.41 Å². The molecule has 7 nitrogen and oxygen atoms in total. The van der Waals surface area contributed by atoms with Crippen LogP contribution in [0.4, 0.5) is 8.78 Å². The zero-order valence-electron chi connectivity index (χ0n) is 17.8. The molecule has 2 saturated heterocycles. The molecule has 0 saturated carbocycles. The van der Waals surface area contributed by atoms with Crippen LogP contribution < -0.4 is 0 Å². The van der Waals surface area contributed by atoms with Crippen molar-refractivity contribution in [1.82, 2.24) is 19.8 Å². The molecule has 1 aromatic carbocycles. The number of aromatic amines is 1. The summed E-state index contributed by atoms with van der Waals surface area (Å²) in [5.41, 5.74) is 0.860. The van der Waals surface area contributed by atoms with Crippen molar-refractivity contribution in [3.63, 3.8) is 0 Å². The number of fused-ring (bicyclic) bond motifs is 1. The fourth-order valence-electron chi connectivity index (χ4n) is 4.42. The zero-order valence-corrected chi connectivity index (χ0v) is 18.5. The zero-order chi connectivity index (χ0) is 23.3. The Labute approximate surface area is 193 Å². The predicted octanol–water partition coefficient (Wildman–Crippen LogP) is 3.04. The lowest BCUT2D eigenvalue weighted by molar-refractivity contribution is -0.197. The number of H-pyrrole nitrogens is 1. The largest absolute Gasteiger partial charge is 0.380 e. The van der Waals surface area contributed by atoms with Crippen molar-refractivity contribution in [3.05, 3.63) is 64.4 Å². The van der Waals surface area contributed by atoms with Gasteiger partial charge in [-0.05, 0) is 23.8 Å². The summed E-state index contributed by atoms with van der Waals surface area (Å²) < 4.78 is 33.1. The Morgan fingerprint density at radius 1 is 1.27 bits per heavy atom. The third-order valence-corrected chi connectivity index (χ3v) is 6.56. The van der Waals surface area contributed by atoms with Crippen molar-refractivity contribution in [3.8, 4) is 0 Å². The van der Waals surface area contributed by atoms with E-state index in [0.717, 1.165) is 12.1 Å². The number of aromatic nitrogens is 2. The fourth-order valence-corrected chi connectivity index (χ4v) is 4.59. The van der Waals surface area contributed by atoms with Crippen molar-refractivity contribution in [2.75, 3.05) is 33.4 Å². The maximum absolute atomic E-state index is 14.4. The number of ether oxygens (including phenoxy) is 1. The average Bonchev–Trinajstić information content (AvgIpc) is 3.13. The molecule has 10 heteroatoms. The van der Waals surface area contributed by atoms with E-state index in [0.29, 0.717) is 42.4 Å². The quantitative estimate of drug-likeness (QED) is 0.616. The van der Waals surface area contributed by atoms with E-state index in [2.05, 4.69) is 9.97 Å². The second-order valence-corrected chi connectivity index (χ2v) is 9.27. The van der Waals surface area contributed by atoms with Gasteiger partial charge in [-0.15, -0.1) is 0 Å². The third kappa shape index (κ3) is 3.95. The maximum Gasteiger partial charge on any atom is 0.270 e. The van der Waals surface area contributed by atoms with Crippen LogP contribution >= 0.6 is 11.6 Å². The molecule has 1 N–H and O–H groups in total. The van der Waals surface area contributed by atoms with Gasteiger partial charge in [0.15, 0.2) is 0 Å². The average molecular weight is 475 g/mol. The number of nitrogens with zero attached hydrogens (tertiary/aromatic N) is 3. The fraction of sp³-hybridized carbons (Fsp3) is 0.348. The molecule has 2 fully saturated rings. The van der Waals surface area contributed by atoms with Crippen molar-refractivity contribution in [2.45, 2.75) is 12.5 Å². The summed E-state index contributed by atoms with van der Waals surface area (Å²) in [6, 6.07) is 5.52. The summed E-state index contributed by atoms with van der Waals surface area (Å²) in [5, 5.41) is 1.08. The molecule has 3 aromatic rings. The van der Waals surface area contributed by atoms with Crippen LogP contribution in [-0.2, 0) is 16.0 Å². The number of amides is 2. The number of hydrogen-bond acceptors (Lipinski definition) is 4. The molecule has 2 aliphatic heterocycles. The number of nitrogens with one attached hydrogen (secondary N) is 1. The molecule has 33 heavy (non-hydrogen) atoms. The van der Waals surface area contributed by atoms with E-state index in [4.69, 9.17) is 16.3 Å². The Morgan fingerprint density at radius 3 is 2.70 bits per heavy atom. The number of benzene rings is 1. The van der Waals surface area contributed by atoms with E-state index in [1.54, 1.807) is 17.0 Å². The molecule has 0 bridgehead atoms. The van der Waals surface area contributed by atoms with Gasteiger partial charge >= 0.3 is 0 Å². The summed E-state index contributed by atoms with van der Waals surface area (Å²) >= 11 is 5.98. The molecule has 0 unspecified atom stereocenters. The minimum atomic E-state index is -0.973. The molecule has 2 amide bonds. The number of pyridine rings is 1. The van der Waals surface area contributed by atoms with Gasteiger partial charge in [-0.25, -0.2) is 13.8 Å². The highest BCUT2D eigenvalue weighted by Crippen LogP contribution is 2.38. The Kier molecular flexibility index (Phi) is 5.33. The first kappa shape index (κ1) is 21.8. The van der Waals surface area contributed by atoms with Gasteiger partial charge in [-0.1, -0.05) is 17.7 Å². The van der Waals surface area contributed by atoms with Crippen molar-refractivity contribution < 1.29 is 23.1 Å². The van der Waals surface area contributed by atoms with E-state index >= 15 is 0 Å². The topological polar surface area (TPSA) is 78.5 Å². The lowest BCUT2D eigenvalue weighted by Gasteiger charge is -2.55. The number of hydrogen-bond donors (Lipinski definition) is 1. The molecule has 4 heterocycles. The number of halogens is 3. The van der Waals surface area contributed by atoms with E-state index in [1.165, 1.54) is 24.2 Å². The SMILES string of the molecule is CN(C(=O)c1cc2cc(Cl)cnc2[nH]1)[C@@H](Cc1ccc(F)cc1F)C(=O)N1CC2(COC2)C1. The van der Waals surface area contributed by atoms with Gasteiger partial charge in [0.05, 0.1) is 23.7 Å². The second kappa shape index (κ2) is 8.07. The molecular formula is C23H21ClF2N4O3. The number of likely N-dealkylation sites (N-methyl/N-ethyl adjacent to an activating group) is 1. The van der Waals surface area contributed by atoms with Crippen LogP contribution in [0.15, 0.2) is 36.5 Å². The van der Waals surface area contributed by atoms with Crippen molar-refractivity contribution in [1.29, 1.82) is 0 Å². The van der Waals surface area contributed by atoms with Crippen LogP contribution in [0.3, 0.4) is 0 Å². The van der Waals surface area contributed by atoms with Crippen LogP contribution in [0.25, 0.3) is 11.0 Å². The minimum Gasteiger partial charge on any atom is -0.380 e. The molecule has 172 valence electrons. The van der Waals surface area contributed by atoms with Gasteiger partial charge in [0.1, 0.15) is 29.0 Å². The number of carbonyl (C=O) groups excluding carboxylic acids is 2. The Morgan fingerprint density at radius 2 is 2.03 bits per heavy atom. The van der Waals surface area contributed by atoms with Gasteiger partial charge in [0.2, 0.25) is 5.91 Å². The predicted molar refractivity (Wildman–Crippen MR) is 117 cm³/mol. The lowest BCUT2D eigenvalue weighted by atomic mass is 9.77. The first-order chi connectivity index (χ1) is 15.7. The summed E-state index contributed by atoms with van der Waals surface area (Å²) in [4.78, 5) is 36.7. The minimum absolute atomic E-state index is 0.00790. The van der Waals surface area contributed by atoms with Crippen LogP contribution in [0.1, 0.15) is 16.1 Å². The van der Waals surface area contributed by atoms with Gasteiger partial charge in [0.25, 0.3) is 5.91 Å². The lowest BCUT2D eigenvalue weighted by Crippen LogP contribution is -2.69. The summed E-state index contributed by atoms with van der Waals surface area (Å²) in [5.74, 6) is -2.20. The van der Waals surface area contributed by atoms with E-state index < -0.39 is 23.6 Å². The summed E-state index contributed by atoms with van der Waals surface area (Å²) in [6.45, 7) is 2.27. The highest BCUT2D eigenvalue weighted by Gasteiger charge is 2.52. The molecule has 2 aliphatic rings. The van der Waals surface area contributed by atoms with Gasteiger partial charge in [0, 0.05) is 44.2 Å². The first-order valence-electron chi connectivity index (χ1n) is 10.5. The number of likely N-dealkylation sites (tertiary alicyclic amines) is 1. The summed E-state index contributed by atoms with van der Waals surface area (Å²) in [7, 11) is 1.50. The normalized spacial score (nSPS) is 17.5. The molecule has 0 radical (unpaired) electrons. The van der Waals surface area contributed by atoms with Gasteiger partial charge in [-0.2, -0.15) is 0 Å². The van der Waals surface area contributed by atoms with Crippen LogP contribution in [-0.4, -0.2) is 71.0 Å². The second-order valence-electron chi connectivity index (χ2n) is 8.83. The Hall–Kier alpha value is -3.04. The molecule has 1 atom stereocenters. The molecule has 0 aliphatic carbocycles. The Balaban J connectivity index is 1.42. The van der Waals surface area contributed by atoms with Gasteiger partial charge in [-0.3, -0.25) is 9.59 Å². The highest BCUT2D eigenvalue weighted by atomic mass is 35.5. The molecule has 5 rings (SSSR count). The van der Waals surface area contributed by atoms with E-state index in [-0.39, 0.29) is 29.0 Å². The Bertz CT molecular complexity index is 1250. The highest BCUT2D eigenvalue weighted by molar-refractivity contribution is 6.31. The number of rotatable bonds is 5.